The maximum Gasteiger partial charge on any atom is 0.152 e. The normalized spacial score (nSPS) is 10.6. The molecule has 2 rings (SSSR count). The number of carbonyl (C=O) groups excluding carboxylic acids is 1. The zero-order valence-corrected chi connectivity index (χ0v) is 10.6. The van der Waals surface area contributed by atoms with Crippen molar-refractivity contribution in [1.82, 2.24) is 9.55 Å². The molecule has 0 aliphatic carbocycles. The lowest BCUT2D eigenvalue weighted by Crippen LogP contribution is -2.05. The van der Waals surface area contributed by atoms with Crippen molar-refractivity contribution < 1.29 is 4.79 Å². The van der Waals surface area contributed by atoms with E-state index in [0.29, 0.717) is 5.56 Å². The van der Waals surface area contributed by atoms with E-state index in [1.165, 1.54) is 0 Å². The number of aryl methyl sites for hydroxylation is 4. The molecule has 0 radical (unpaired) electrons. The van der Waals surface area contributed by atoms with E-state index >= 15 is 0 Å². The Hall–Kier alpha value is -1.90. The minimum absolute atomic E-state index is 0.691. The van der Waals surface area contributed by atoms with E-state index < -0.39 is 0 Å². The van der Waals surface area contributed by atoms with Gasteiger partial charge in [-0.15, -0.1) is 0 Å². The molecule has 0 aliphatic rings. The van der Waals surface area contributed by atoms with Gasteiger partial charge in [0.15, 0.2) is 6.29 Å². The fraction of sp³-hybridized carbons (Fsp3) is 0.286. The molecule has 2 aromatic rings. The van der Waals surface area contributed by atoms with Crippen LogP contribution in [-0.4, -0.2) is 15.8 Å². The summed E-state index contributed by atoms with van der Waals surface area (Å²) in [5.74, 6) is 0.880. The second kappa shape index (κ2) is 4.17. The van der Waals surface area contributed by atoms with Gasteiger partial charge in [0.05, 0.1) is 5.69 Å². The number of hydrogen-bond donors (Lipinski definition) is 0. The molecular formula is C14H16N2O. The molecule has 0 saturated carbocycles. The van der Waals surface area contributed by atoms with Crippen molar-refractivity contribution in [1.29, 1.82) is 0 Å². The van der Waals surface area contributed by atoms with Crippen molar-refractivity contribution >= 4 is 6.29 Å². The highest BCUT2D eigenvalue weighted by molar-refractivity contribution is 5.79. The van der Waals surface area contributed by atoms with E-state index in [-0.39, 0.29) is 0 Å². The highest BCUT2D eigenvalue weighted by atomic mass is 16.1. The summed E-state index contributed by atoms with van der Waals surface area (Å²) in [5.41, 5.74) is 4.73. The first-order valence-electron chi connectivity index (χ1n) is 5.63. The van der Waals surface area contributed by atoms with Crippen molar-refractivity contribution in [3.8, 4) is 5.82 Å². The molecule has 0 aliphatic heterocycles. The average Bonchev–Trinajstić information content (AvgIpc) is 2.58. The van der Waals surface area contributed by atoms with Crippen LogP contribution in [0.25, 0.3) is 5.82 Å². The lowest BCUT2D eigenvalue weighted by atomic mass is 10.1. The fourth-order valence-electron chi connectivity index (χ4n) is 2.14. The third-order valence-corrected chi connectivity index (χ3v) is 3.06. The summed E-state index contributed by atoms with van der Waals surface area (Å²) in [6.07, 6.45) is 0.872. The quantitative estimate of drug-likeness (QED) is 0.741. The Kier molecular flexibility index (Phi) is 2.84. The summed E-state index contributed by atoms with van der Waals surface area (Å²) in [5, 5.41) is 0. The Bertz CT molecular complexity index is 539. The first-order chi connectivity index (χ1) is 8.04. The van der Waals surface area contributed by atoms with Crippen LogP contribution in [0, 0.1) is 27.7 Å². The van der Waals surface area contributed by atoms with Crippen LogP contribution >= 0.6 is 0 Å². The minimum atomic E-state index is 0.691. The molecule has 0 amide bonds. The molecule has 88 valence electrons. The van der Waals surface area contributed by atoms with Crippen molar-refractivity contribution in [2.24, 2.45) is 0 Å². The number of aldehydes is 1. The number of carbonyl (C=O) groups is 1. The van der Waals surface area contributed by atoms with Crippen LogP contribution in [0.1, 0.15) is 33.0 Å². The Labute approximate surface area is 101 Å². The minimum Gasteiger partial charge on any atom is -0.303 e. The van der Waals surface area contributed by atoms with Crippen molar-refractivity contribution in [3.63, 3.8) is 0 Å². The number of pyridine rings is 1. The van der Waals surface area contributed by atoms with E-state index in [1.54, 1.807) is 0 Å². The van der Waals surface area contributed by atoms with Gasteiger partial charge in [0.25, 0.3) is 0 Å². The summed E-state index contributed by atoms with van der Waals surface area (Å²) in [7, 11) is 0. The number of hydrogen-bond acceptors (Lipinski definition) is 2. The second-order valence-corrected chi connectivity index (χ2v) is 4.37. The zero-order valence-electron chi connectivity index (χ0n) is 10.6. The molecule has 3 nitrogen and oxygen atoms in total. The Morgan fingerprint density at radius 1 is 1.12 bits per heavy atom. The van der Waals surface area contributed by atoms with Crippen LogP contribution in [0.2, 0.25) is 0 Å². The predicted molar refractivity (Wildman–Crippen MR) is 67.9 cm³/mol. The number of rotatable bonds is 2. The zero-order chi connectivity index (χ0) is 12.6. The van der Waals surface area contributed by atoms with Gasteiger partial charge in [-0.3, -0.25) is 4.79 Å². The van der Waals surface area contributed by atoms with Crippen LogP contribution in [0.3, 0.4) is 0 Å². The van der Waals surface area contributed by atoms with E-state index in [9.17, 15) is 4.79 Å². The summed E-state index contributed by atoms with van der Waals surface area (Å²) >= 11 is 0. The smallest absolute Gasteiger partial charge is 0.152 e. The lowest BCUT2D eigenvalue weighted by Gasteiger charge is -2.12. The summed E-state index contributed by atoms with van der Waals surface area (Å²) in [4.78, 5) is 15.4. The van der Waals surface area contributed by atoms with E-state index in [1.807, 2.05) is 33.8 Å². The Morgan fingerprint density at radius 2 is 1.71 bits per heavy atom. The molecule has 3 heteroatoms. The second-order valence-electron chi connectivity index (χ2n) is 4.37. The Morgan fingerprint density at radius 3 is 2.18 bits per heavy atom. The molecule has 0 unspecified atom stereocenters. The average molecular weight is 228 g/mol. The molecule has 0 fully saturated rings. The standard InChI is InChI=1S/C14H16N2O/c1-9-7-14(15-12(4)13(9)8-17)16-10(2)5-6-11(16)3/h5-8H,1-4H3. The van der Waals surface area contributed by atoms with Gasteiger partial charge in [-0.25, -0.2) is 4.98 Å². The largest absolute Gasteiger partial charge is 0.303 e. The third kappa shape index (κ3) is 1.88. The fourth-order valence-corrected chi connectivity index (χ4v) is 2.14. The molecule has 0 N–H and O–H groups in total. The first kappa shape index (κ1) is 11.6. The van der Waals surface area contributed by atoms with Crippen LogP contribution in [0.5, 0.6) is 0 Å². The molecule has 2 heterocycles. The van der Waals surface area contributed by atoms with Gasteiger partial charge in [0.2, 0.25) is 0 Å². The van der Waals surface area contributed by atoms with Crippen molar-refractivity contribution in [2.75, 3.05) is 0 Å². The van der Waals surface area contributed by atoms with Crippen LogP contribution in [0.15, 0.2) is 18.2 Å². The molecule has 0 bridgehead atoms. The van der Waals surface area contributed by atoms with Crippen LogP contribution in [-0.2, 0) is 0 Å². The topological polar surface area (TPSA) is 34.9 Å². The molecule has 0 spiro atoms. The molecule has 2 aromatic heterocycles. The molecule has 17 heavy (non-hydrogen) atoms. The predicted octanol–water partition coefficient (Wildman–Crippen LogP) is 2.92. The van der Waals surface area contributed by atoms with Gasteiger partial charge >= 0.3 is 0 Å². The third-order valence-electron chi connectivity index (χ3n) is 3.06. The highest BCUT2D eigenvalue weighted by Gasteiger charge is 2.09. The molecular weight excluding hydrogens is 212 g/mol. The summed E-state index contributed by atoms with van der Waals surface area (Å²) in [6.45, 7) is 7.91. The van der Waals surface area contributed by atoms with E-state index in [4.69, 9.17) is 0 Å². The number of aromatic nitrogens is 2. The SMILES string of the molecule is Cc1cc(-n2c(C)ccc2C)nc(C)c1C=O. The van der Waals surface area contributed by atoms with E-state index in [2.05, 4.69) is 21.7 Å². The maximum absolute atomic E-state index is 10.9. The van der Waals surface area contributed by atoms with Gasteiger partial charge in [-0.2, -0.15) is 0 Å². The van der Waals surface area contributed by atoms with Crippen molar-refractivity contribution in [3.05, 3.63) is 46.4 Å². The van der Waals surface area contributed by atoms with Gasteiger partial charge in [0.1, 0.15) is 5.82 Å². The molecule has 0 atom stereocenters. The maximum atomic E-state index is 10.9. The molecule has 0 aromatic carbocycles. The Balaban J connectivity index is 2.66. The van der Waals surface area contributed by atoms with E-state index in [0.717, 1.165) is 34.7 Å². The van der Waals surface area contributed by atoms with Crippen molar-refractivity contribution in [2.45, 2.75) is 27.7 Å². The van der Waals surface area contributed by atoms with Gasteiger partial charge < -0.3 is 4.57 Å². The molecule has 0 saturated heterocycles. The summed E-state index contributed by atoms with van der Waals surface area (Å²) in [6, 6.07) is 6.08. The first-order valence-corrected chi connectivity index (χ1v) is 5.63. The lowest BCUT2D eigenvalue weighted by molar-refractivity contribution is 0.112. The highest BCUT2D eigenvalue weighted by Crippen LogP contribution is 2.18. The number of nitrogens with zero attached hydrogens (tertiary/aromatic N) is 2. The van der Waals surface area contributed by atoms with Gasteiger partial charge in [-0.05, 0) is 51.5 Å². The summed E-state index contributed by atoms with van der Waals surface area (Å²) < 4.78 is 2.09. The van der Waals surface area contributed by atoms with Gasteiger partial charge in [-0.1, -0.05) is 0 Å². The monoisotopic (exact) mass is 228 g/mol. The van der Waals surface area contributed by atoms with Gasteiger partial charge in [0, 0.05) is 17.0 Å². The van der Waals surface area contributed by atoms with Crippen LogP contribution < -0.4 is 0 Å². The van der Waals surface area contributed by atoms with Crippen LogP contribution in [0.4, 0.5) is 0 Å².